The van der Waals surface area contributed by atoms with Gasteiger partial charge in [0.25, 0.3) is 0 Å². The van der Waals surface area contributed by atoms with Crippen LogP contribution in [-0.4, -0.2) is 48.3 Å². The minimum absolute atomic E-state index is 0.158. The third-order valence-electron chi connectivity index (χ3n) is 3.19. The maximum atomic E-state index is 11.7. The Morgan fingerprint density at radius 3 is 2.33 bits per heavy atom. The molecule has 1 atom stereocenters. The molecule has 0 aromatic rings. The van der Waals surface area contributed by atoms with Gasteiger partial charge in [0.05, 0.1) is 0 Å². The number of rotatable bonds is 3. The first-order chi connectivity index (χ1) is 6.86. The van der Waals surface area contributed by atoms with Crippen molar-refractivity contribution in [2.75, 3.05) is 32.4 Å². The van der Waals surface area contributed by atoms with Crippen molar-refractivity contribution in [3.63, 3.8) is 0 Å². The Morgan fingerprint density at radius 2 is 2.00 bits per heavy atom. The van der Waals surface area contributed by atoms with Gasteiger partial charge in [-0.25, -0.2) is 4.79 Å². The van der Waals surface area contributed by atoms with E-state index in [9.17, 15) is 4.79 Å². The fraction of sp³-hybridized carbons (Fsp3) is 0.909. The van der Waals surface area contributed by atoms with Crippen LogP contribution in [0, 0.1) is 11.3 Å². The van der Waals surface area contributed by atoms with Gasteiger partial charge in [-0.05, 0) is 17.1 Å². The largest absolute Gasteiger partial charge is 0.326 e. The number of nitrogens with zero attached hydrogens (tertiary/aromatic N) is 2. The van der Waals surface area contributed by atoms with E-state index >= 15 is 0 Å². The lowest BCUT2D eigenvalue weighted by Gasteiger charge is -2.32. The molecule has 0 N–H and O–H groups in total. The summed E-state index contributed by atoms with van der Waals surface area (Å²) in [4.78, 5) is 15.4. The number of hydrogen-bond donors (Lipinski definition) is 1. The fourth-order valence-electron chi connectivity index (χ4n) is 1.74. The minimum Gasteiger partial charge on any atom is -0.326 e. The molecule has 1 heterocycles. The lowest BCUT2D eigenvalue weighted by Crippen LogP contribution is -2.38. The van der Waals surface area contributed by atoms with Crippen LogP contribution in [0.15, 0.2) is 0 Å². The lowest BCUT2D eigenvalue weighted by molar-refractivity contribution is 0.170. The molecule has 1 rings (SSSR count). The number of carbonyl (C=O) groups is 1. The Morgan fingerprint density at radius 1 is 1.40 bits per heavy atom. The van der Waals surface area contributed by atoms with E-state index in [0.717, 1.165) is 25.4 Å². The van der Waals surface area contributed by atoms with Crippen LogP contribution < -0.4 is 0 Å². The molecular formula is C11H22N2OS. The molecule has 3 nitrogen and oxygen atoms in total. The molecule has 1 saturated heterocycles. The fourth-order valence-corrected chi connectivity index (χ4v) is 2.41. The molecule has 0 aromatic heterocycles. The zero-order chi connectivity index (χ0) is 11.6. The number of hydrogen-bond acceptors (Lipinski definition) is 2. The van der Waals surface area contributed by atoms with Crippen molar-refractivity contribution in [2.45, 2.75) is 20.8 Å². The van der Waals surface area contributed by atoms with Crippen LogP contribution in [0.25, 0.3) is 0 Å². The van der Waals surface area contributed by atoms with E-state index in [2.05, 4.69) is 33.4 Å². The zero-order valence-electron chi connectivity index (χ0n) is 10.2. The third kappa shape index (κ3) is 3.03. The topological polar surface area (TPSA) is 23.6 Å². The van der Waals surface area contributed by atoms with Crippen LogP contribution in [0.1, 0.15) is 20.8 Å². The van der Waals surface area contributed by atoms with Crippen LogP contribution in [0.2, 0.25) is 0 Å². The van der Waals surface area contributed by atoms with Gasteiger partial charge in [0.1, 0.15) is 0 Å². The number of thiol groups is 1. The van der Waals surface area contributed by atoms with Gasteiger partial charge in [-0.3, -0.25) is 0 Å². The second-order valence-electron chi connectivity index (χ2n) is 5.40. The van der Waals surface area contributed by atoms with E-state index in [1.165, 1.54) is 0 Å². The van der Waals surface area contributed by atoms with Crippen LogP contribution in [0.5, 0.6) is 0 Å². The normalized spacial score (nSPS) is 19.9. The van der Waals surface area contributed by atoms with Gasteiger partial charge < -0.3 is 9.80 Å². The Labute approximate surface area is 98.2 Å². The number of likely N-dealkylation sites (N-methyl/N-ethyl adjacent to an activating group) is 1. The molecule has 4 heteroatoms. The van der Waals surface area contributed by atoms with E-state index in [4.69, 9.17) is 0 Å². The van der Waals surface area contributed by atoms with Crippen LogP contribution in [-0.2, 0) is 0 Å². The molecule has 15 heavy (non-hydrogen) atoms. The first kappa shape index (κ1) is 12.7. The van der Waals surface area contributed by atoms with Crippen molar-refractivity contribution in [1.82, 2.24) is 9.80 Å². The molecule has 1 aliphatic rings. The molecule has 0 aliphatic carbocycles. The van der Waals surface area contributed by atoms with E-state index < -0.39 is 0 Å². The van der Waals surface area contributed by atoms with Gasteiger partial charge in [0.2, 0.25) is 0 Å². The van der Waals surface area contributed by atoms with Crippen molar-refractivity contribution < 1.29 is 4.79 Å². The summed E-state index contributed by atoms with van der Waals surface area (Å²) in [5, 5.41) is 0. The van der Waals surface area contributed by atoms with Crippen LogP contribution >= 0.6 is 12.6 Å². The highest BCUT2D eigenvalue weighted by atomic mass is 32.1. The number of urea groups is 1. The summed E-state index contributed by atoms with van der Waals surface area (Å²) in [7, 11) is 1.86. The van der Waals surface area contributed by atoms with Crippen molar-refractivity contribution in [3.8, 4) is 0 Å². The SMILES string of the molecule is CN1CCN(CC(CS)C(C)(C)C)C1=O. The first-order valence-electron chi connectivity index (χ1n) is 5.47. The van der Waals surface area contributed by atoms with Crippen molar-refractivity contribution >= 4 is 18.7 Å². The van der Waals surface area contributed by atoms with E-state index in [1.807, 2.05) is 11.9 Å². The van der Waals surface area contributed by atoms with E-state index in [0.29, 0.717) is 5.92 Å². The monoisotopic (exact) mass is 230 g/mol. The van der Waals surface area contributed by atoms with E-state index in [-0.39, 0.29) is 11.4 Å². The first-order valence-corrected chi connectivity index (χ1v) is 6.10. The van der Waals surface area contributed by atoms with Gasteiger partial charge in [0, 0.05) is 26.7 Å². The summed E-state index contributed by atoms with van der Waals surface area (Å²) in [6.07, 6.45) is 0. The Kier molecular flexibility index (Phi) is 3.93. The maximum absolute atomic E-state index is 11.7. The average molecular weight is 230 g/mol. The quantitative estimate of drug-likeness (QED) is 0.736. The lowest BCUT2D eigenvalue weighted by atomic mass is 9.81. The van der Waals surface area contributed by atoms with Gasteiger partial charge in [0.15, 0.2) is 0 Å². The van der Waals surface area contributed by atoms with Gasteiger partial charge in [-0.15, -0.1) is 0 Å². The van der Waals surface area contributed by atoms with Crippen molar-refractivity contribution in [1.29, 1.82) is 0 Å². The summed E-state index contributed by atoms with van der Waals surface area (Å²) < 4.78 is 0. The van der Waals surface area contributed by atoms with Gasteiger partial charge in [-0.2, -0.15) is 12.6 Å². The molecule has 0 bridgehead atoms. The highest BCUT2D eigenvalue weighted by molar-refractivity contribution is 7.80. The van der Waals surface area contributed by atoms with E-state index in [1.54, 1.807) is 4.90 Å². The molecule has 0 saturated carbocycles. The van der Waals surface area contributed by atoms with Crippen molar-refractivity contribution in [2.24, 2.45) is 11.3 Å². The summed E-state index contributed by atoms with van der Waals surface area (Å²) in [5.74, 6) is 1.29. The van der Waals surface area contributed by atoms with Crippen molar-refractivity contribution in [3.05, 3.63) is 0 Å². The summed E-state index contributed by atoms with van der Waals surface area (Å²) in [5.41, 5.74) is 0.211. The second-order valence-corrected chi connectivity index (χ2v) is 5.76. The van der Waals surface area contributed by atoms with Crippen LogP contribution in [0.4, 0.5) is 4.79 Å². The molecule has 0 radical (unpaired) electrons. The number of carbonyl (C=O) groups excluding carboxylic acids is 1. The highest BCUT2D eigenvalue weighted by Gasteiger charge is 2.31. The maximum Gasteiger partial charge on any atom is 0.319 e. The zero-order valence-corrected chi connectivity index (χ0v) is 11.1. The van der Waals surface area contributed by atoms with Crippen LogP contribution in [0.3, 0.4) is 0 Å². The molecule has 0 aromatic carbocycles. The molecule has 1 unspecified atom stereocenters. The standard InChI is InChI=1S/C11H22N2OS/c1-11(2,3)9(8-15)7-13-6-5-12(4)10(13)14/h9,15H,5-8H2,1-4H3. The second kappa shape index (κ2) is 4.64. The Hall–Kier alpha value is -0.380. The summed E-state index contributed by atoms with van der Waals surface area (Å²) in [6.45, 7) is 9.16. The van der Waals surface area contributed by atoms with Gasteiger partial charge >= 0.3 is 6.03 Å². The highest BCUT2D eigenvalue weighted by Crippen LogP contribution is 2.28. The third-order valence-corrected chi connectivity index (χ3v) is 3.63. The summed E-state index contributed by atoms with van der Waals surface area (Å²) in [6, 6.07) is 0.158. The predicted octanol–water partition coefficient (Wildman–Crippen LogP) is 1.95. The number of amides is 2. The predicted molar refractivity (Wildman–Crippen MR) is 66.4 cm³/mol. The smallest absolute Gasteiger partial charge is 0.319 e. The molecule has 1 fully saturated rings. The molecule has 1 aliphatic heterocycles. The summed E-state index contributed by atoms with van der Waals surface area (Å²) >= 11 is 4.38. The molecule has 2 amide bonds. The van der Waals surface area contributed by atoms with Gasteiger partial charge in [-0.1, -0.05) is 20.8 Å². The average Bonchev–Trinajstić information content (AvgIpc) is 2.43. The Bertz CT molecular complexity index is 237. The Balaban J connectivity index is 2.57. The molecular weight excluding hydrogens is 208 g/mol. The minimum atomic E-state index is 0.158. The molecule has 0 spiro atoms. The molecule has 88 valence electrons.